The number of nitrogens with zero attached hydrogens (tertiary/aromatic N) is 3. The van der Waals surface area contributed by atoms with E-state index < -0.39 is 5.97 Å². The van der Waals surface area contributed by atoms with Crippen molar-refractivity contribution in [2.24, 2.45) is 0 Å². The predicted molar refractivity (Wildman–Crippen MR) is 115 cm³/mol. The normalized spacial score (nSPS) is 10.7. The molecule has 9 heteroatoms. The highest BCUT2D eigenvalue weighted by molar-refractivity contribution is 7.22. The summed E-state index contributed by atoms with van der Waals surface area (Å²) < 4.78 is 5.90. The van der Waals surface area contributed by atoms with Crippen LogP contribution in [0.5, 0.6) is 0 Å². The fourth-order valence-corrected chi connectivity index (χ4v) is 3.75. The number of aromatic nitrogens is 3. The van der Waals surface area contributed by atoms with Crippen LogP contribution >= 0.6 is 11.3 Å². The van der Waals surface area contributed by atoms with Crippen LogP contribution in [0.15, 0.2) is 48.8 Å². The Balaban J connectivity index is 1.63. The fraction of sp³-hybridized carbons (Fsp3) is 0.100. The molecule has 146 valence electrons. The van der Waals surface area contributed by atoms with E-state index in [1.807, 2.05) is 19.1 Å². The second-order valence-corrected chi connectivity index (χ2v) is 7.29. The van der Waals surface area contributed by atoms with Gasteiger partial charge in [0.15, 0.2) is 16.8 Å². The summed E-state index contributed by atoms with van der Waals surface area (Å²) in [4.78, 5) is 25.0. The SMILES string of the molecule is COC(=O)c1ccccc1Nc1ncnc(Nc2nc3ccc(C)cc3s2)c1N. The Bertz CT molecular complexity index is 1210. The first-order valence-corrected chi connectivity index (χ1v) is 9.56. The van der Waals surface area contributed by atoms with Crippen LogP contribution < -0.4 is 16.4 Å². The average molecular weight is 406 g/mol. The Kier molecular flexibility index (Phi) is 4.96. The van der Waals surface area contributed by atoms with E-state index in [9.17, 15) is 4.79 Å². The number of anilines is 5. The maximum Gasteiger partial charge on any atom is 0.339 e. The molecular weight excluding hydrogens is 388 g/mol. The number of thiazole rings is 1. The molecule has 4 aromatic rings. The lowest BCUT2D eigenvalue weighted by Gasteiger charge is -2.13. The van der Waals surface area contributed by atoms with Crippen molar-refractivity contribution < 1.29 is 9.53 Å². The Morgan fingerprint density at radius 1 is 1.10 bits per heavy atom. The number of rotatable bonds is 5. The third kappa shape index (κ3) is 3.81. The van der Waals surface area contributed by atoms with Gasteiger partial charge in [0.1, 0.15) is 12.0 Å². The molecule has 2 aromatic heterocycles. The highest BCUT2D eigenvalue weighted by Gasteiger charge is 2.15. The third-order valence-corrected chi connectivity index (χ3v) is 5.17. The number of hydrogen-bond acceptors (Lipinski definition) is 9. The maximum atomic E-state index is 12.0. The van der Waals surface area contributed by atoms with Gasteiger partial charge in [-0.2, -0.15) is 0 Å². The van der Waals surface area contributed by atoms with Gasteiger partial charge in [0, 0.05) is 0 Å². The molecule has 0 bridgehead atoms. The molecule has 0 fully saturated rings. The molecule has 0 amide bonds. The van der Waals surface area contributed by atoms with Crippen molar-refractivity contribution in [2.75, 3.05) is 23.5 Å². The van der Waals surface area contributed by atoms with Crippen LogP contribution in [0.1, 0.15) is 15.9 Å². The van der Waals surface area contributed by atoms with Gasteiger partial charge in [-0.1, -0.05) is 29.5 Å². The van der Waals surface area contributed by atoms with Gasteiger partial charge >= 0.3 is 5.97 Å². The summed E-state index contributed by atoms with van der Waals surface area (Å²) in [6.07, 6.45) is 1.39. The van der Waals surface area contributed by atoms with Gasteiger partial charge in [0.25, 0.3) is 0 Å². The number of carbonyl (C=O) groups excluding carboxylic acids is 1. The van der Waals surface area contributed by atoms with E-state index in [0.29, 0.717) is 33.7 Å². The molecule has 0 unspecified atom stereocenters. The zero-order valence-corrected chi connectivity index (χ0v) is 16.6. The van der Waals surface area contributed by atoms with Crippen molar-refractivity contribution in [1.82, 2.24) is 15.0 Å². The Morgan fingerprint density at radius 3 is 2.66 bits per heavy atom. The van der Waals surface area contributed by atoms with Crippen LogP contribution in [0.3, 0.4) is 0 Å². The van der Waals surface area contributed by atoms with Crippen molar-refractivity contribution >= 4 is 55.7 Å². The summed E-state index contributed by atoms with van der Waals surface area (Å²) in [5, 5.41) is 6.92. The van der Waals surface area contributed by atoms with Crippen molar-refractivity contribution in [2.45, 2.75) is 6.92 Å². The molecule has 0 aliphatic rings. The Hall–Kier alpha value is -3.72. The molecule has 29 heavy (non-hydrogen) atoms. The minimum atomic E-state index is -0.455. The van der Waals surface area contributed by atoms with Gasteiger partial charge in [-0.3, -0.25) is 0 Å². The van der Waals surface area contributed by atoms with Gasteiger partial charge in [-0.15, -0.1) is 0 Å². The number of ether oxygens (including phenoxy) is 1. The van der Waals surface area contributed by atoms with Crippen molar-refractivity contribution in [3.8, 4) is 0 Å². The second kappa shape index (κ2) is 7.72. The summed E-state index contributed by atoms with van der Waals surface area (Å²) in [6, 6.07) is 13.0. The topological polar surface area (TPSA) is 115 Å². The number of nitrogens with two attached hydrogens (primary N) is 1. The highest BCUT2D eigenvalue weighted by atomic mass is 32.1. The molecule has 4 rings (SSSR count). The number of para-hydroxylation sites is 1. The molecular formula is C20H18N6O2S. The molecule has 2 heterocycles. The number of benzene rings is 2. The molecule has 0 radical (unpaired) electrons. The Morgan fingerprint density at radius 2 is 1.86 bits per heavy atom. The largest absolute Gasteiger partial charge is 0.465 e. The molecule has 0 saturated heterocycles. The van der Waals surface area contributed by atoms with Gasteiger partial charge in [0.2, 0.25) is 0 Å². The number of nitrogens with one attached hydrogen (secondary N) is 2. The zero-order chi connectivity index (χ0) is 20.4. The van der Waals surface area contributed by atoms with Gasteiger partial charge in [0.05, 0.1) is 28.6 Å². The summed E-state index contributed by atoms with van der Waals surface area (Å²) in [5.74, 6) is 0.341. The zero-order valence-electron chi connectivity index (χ0n) is 15.8. The molecule has 0 atom stereocenters. The third-order valence-electron chi connectivity index (χ3n) is 4.24. The molecule has 0 spiro atoms. The van der Waals surface area contributed by atoms with Crippen LogP contribution in [0, 0.1) is 6.92 Å². The van der Waals surface area contributed by atoms with Crippen LogP contribution in [0.2, 0.25) is 0 Å². The van der Waals surface area contributed by atoms with Crippen LogP contribution in [-0.4, -0.2) is 28.0 Å². The molecule has 0 aliphatic heterocycles. The lowest BCUT2D eigenvalue weighted by molar-refractivity contribution is 0.0602. The van der Waals surface area contributed by atoms with Crippen LogP contribution in [-0.2, 0) is 4.74 Å². The van der Waals surface area contributed by atoms with E-state index in [1.54, 1.807) is 24.3 Å². The first-order chi connectivity index (χ1) is 14.0. The fourth-order valence-electron chi connectivity index (χ4n) is 2.79. The molecule has 0 aliphatic carbocycles. The predicted octanol–water partition coefficient (Wildman–Crippen LogP) is 4.25. The maximum absolute atomic E-state index is 12.0. The number of aryl methyl sites for hydroxylation is 1. The van der Waals surface area contributed by atoms with Crippen LogP contribution in [0.25, 0.3) is 10.2 Å². The lowest BCUT2D eigenvalue weighted by Crippen LogP contribution is -2.08. The summed E-state index contributed by atoms with van der Waals surface area (Å²) in [6.45, 7) is 2.04. The van der Waals surface area contributed by atoms with E-state index in [1.165, 1.54) is 30.3 Å². The number of esters is 1. The monoisotopic (exact) mass is 406 g/mol. The molecule has 4 N–H and O–H groups in total. The van der Waals surface area contributed by atoms with E-state index in [2.05, 4.69) is 31.7 Å². The minimum absolute atomic E-state index is 0.308. The number of carbonyl (C=O) groups is 1. The number of hydrogen-bond donors (Lipinski definition) is 3. The summed E-state index contributed by atoms with van der Waals surface area (Å²) >= 11 is 1.51. The Labute approximate surface area is 170 Å². The van der Waals surface area contributed by atoms with E-state index in [-0.39, 0.29) is 0 Å². The number of nitrogen functional groups attached to an aromatic ring is 1. The van der Waals surface area contributed by atoms with Crippen LogP contribution in [0.4, 0.5) is 28.1 Å². The van der Waals surface area contributed by atoms with Gasteiger partial charge < -0.3 is 21.1 Å². The summed E-state index contributed by atoms with van der Waals surface area (Å²) in [5.41, 5.74) is 9.56. The van der Waals surface area contributed by atoms with Gasteiger partial charge in [-0.25, -0.2) is 19.7 Å². The smallest absolute Gasteiger partial charge is 0.339 e. The first kappa shape index (κ1) is 18.6. The molecule has 8 nitrogen and oxygen atoms in total. The van der Waals surface area contributed by atoms with Crippen molar-refractivity contribution in [1.29, 1.82) is 0 Å². The first-order valence-electron chi connectivity index (χ1n) is 8.74. The lowest BCUT2D eigenvalue weighted by atomic mass is 10.2. The summed E-state index contributed by atoms with van der Waals surface area (Å²) in [7, 11) is 1.33. The van der Waals surface area contributed by atoms with E-state index in [4.69, 9.17) is 10.5 Å². The quantitative estimate of drug-likeness (QED) is 0.421. The van der Waals surface area contributed by atoms with Gasteiger partial charge in [-0.05, 0) is 36.8 Å². The second-order valence-electron chi connectivity index (χ2n) is 6.26. The number of fused-ring (bicyclic) bond motifs is 1. The highest BCUT2D eigenvalue weighted by Crippen LogP contribution is 2.33. The molecule has 2 aromatic carbocycles. The van der Waals surface area contributed by atoms with E-state index >= 15 is 0 Å². The van der Waals surface area contributed by atoms with E-state index in [0.717, 1.165) is 10.2 Å². The average Bonchev–Trinajstić information content (AvgIpc) is 3.12. The van der Waals surface area contributed by atoms with Crippen molar-refractivity contribution in [3.05, 3.63) is 59.9 Å². The minimum Gasteiger partial charge on any atom is -0.465 e. The van der Waals surface area contributed by atoms with Crippen molar-refractivity contribution in [3.63, 3.8) is 0 Å². The molecule has 0 saturated carbocycles. The number of methoxy groups -OCH3 is 1. The standard InChI is InChI=1S/C20H18N6O2S/c1-11-7-8-14-15(9-11)29-20(25-14)26-18-16(21)17(22-10-23-18)24-13-6-4-3-5-12(13)19(27)28-2/h3-10H,21H2,1-2H3,(H2,22,23,24,25,26).